The van der Waals surface area contributed by atoms with Crippen molar-refractivity contribution in [3.8, 4) is 0 Å². The molecule has 0 radical (unpaired) electrons. The summed E-state index contributed by atoms with van der Waals surface area (Å²) in [6.07, 6.45) is 0. The first kappa shape index (κ1) is 6.41. The molecule has 2 nitrogen and oxygen atoms in total. The zero-order valence-corrected chi connectivity index (χ0v) is 7.31. The Labute approximate surface area is 65.5 Å². The lowest BCUT2D eigenvalue weighted by atomic mass is 10.5. The molecule has 0 amide bonds. The van der Waals surface area contributed by atoms with Crippen molar-refractivity contribution < 1.29 is 0 Å². The minimum absolute atomic E-state index is 0.500. The molecule has 0 saturated carbocycles. The van der Waals surface area contributed by atoms with Crippen LogP contribution in [0.4, 0.5) is 0 Å². The van der Waals surface area contributed by atoms with Gasteiger partial charge in [0, 0.05) is 0 Å². The molecule has 0 aromatic carbocycles. The quantitative estimate of drug-likeness (QED) is 0.554. The van der Waals surface area contributed by atoms with Gasteiger partial charge in [0.25, 0.3) is 0 Å². The third kappa shape index (κ3) is 1.38. The molecule has 1 heterocycles. The van der Waals surface area contributed by atoms with Crippen molar-refractivity contribution in [2.24, 2.45) is 0 Å². The Bertz CT molecular complexity index is 149. The van der Waals surface area contributed by atoms with Crippen molar-refractivity contribution >= 4 is 33.9 Å². The van der Waals surface area contributed by atoms with Crippen molar-refractivity contribution in [3.05, 3.63) is 10.5 Å². The van der Waals surface area contributed by atoms with Gasteiger partial charge in [0.05, 0.1) is 3.92 Å². The Hall–Kier alpha value is 0.290. The van der Waals surface area contributed by atoms with Crippen LogP contribution in [0, 0.1) is 0 Å². The minimum Gasteiger partial charge on any atom is -0.147 e. The predicted molar refractivity (Wildman–Crippen MR) is 42.3 cm³/mol. The van der Waals surface area contributed by atoms with Crippen molar-refractivity contribution in [2.75, 3.05) is 0 Å². The Balaban J connectivity index is 2.77. The summed E-state index contributed by atoms with van der Waals surface area (Å²) in [5.41, 5.74) is 1.75. The summed E-state index contributed by atoms with van der Waals surface area (Å²) in [5.74, 6) is 0. The fourth-order valence-corrected chi connectivity index (χ4v) is 1.40. The van der Waals surface area contributed by atoms with Gasteiger partial charge in [-0.1, -0.05) is 22.6 Å². The first-order valence-corrected chi connectivity index (χ1v) is 4.33. The van der Waals surface area contributed by atoms with E-state index in [2.05, 4.69) is 39.7 Å². The number of halogens is 1. The number of rotatable bonds is 1. The van der Waals surface area contributed by atoms with Crippen molar-refractivity contribution in [2.45, 2.75) is 10.8 Å². The molecular formula is C4H5IN2S. The topological polar surface area (TPSA) is 25.8 Å². The van der Waals surface area contributed by atoms with Crippen LogP contribution in [0.5, 0.6) is 0 Å². The van der Waals surface area contributed by atoms with Crippen LogP contribution in [-0.2, 0) is 0 Å². The lowest BCUT2D eigenvalue weighted by Crippen LogP contribution is -1.79. The summed E-state index contributed by atoms with van der Waals surface area (Å²) in [6.45, 7) is 2.10. The van der Waals surface area contributed by atoms with E-state index < -0.39 is 0 Å². The largest absolute Gasteiger partial charge is 0.147 e. The fourth-order valence-electron chi connectivity index (χ4n) is 0.355. The second-order valence-electron chi connectivity index (χ2n) is 1.39. The highest BCUT2D eigenvalue weighted by molar-refractivity contribution is 14.1. The van der Waals surface area contributed by atoms with Gasteiger partial charge in [0.15, 0.2) is 0 Å². The average Bonchev–Trinajstić information content (AvgIpc) is 2.12. The molecule has 0 N–H and O–H groups in total. The second kappa shape index (κ2) is 2.72. The summed E-state index contributed by atoms with van der Waals surface area (Å²) in [6, 6.07) is 0. The zero-order valence-electron chi connectivity index (χ0n) is 4.34. The average molecular weight is 240 g/mol. The molecule has 1 aromatic rings. The Morgan fingerprint density at radius 3 is 2.88 bits per heavy atom. The van der Waals surface area contributed by atoms with Gasteiger partial charge in [0.1, 0.15) is 10.5 Å². The molecule has 0 fully saturated rings. The number of alkyl halides is 1. The summed E-state index contributed by atoms with van der Waals surface area (Å²) in [4.78, 5) is 0. The van der Waals surface area contributed by atoms with E-state index >= 15 is 0 Å². The highest BCUT2D eigenvalue weighted by atomic mass is 127. The van der Waals surface area contributed by atoms with E-state index in [1.165, 1.54) is 0 Å². The van der Waals surface area contributed by atoms with Crippen molar-refractivity contribution in [1.82, 2.24) is 10.2 Å². The van der Waals surface area contributed by atoms with Crippen LogP contribution in [0.15, 0.2) is 5.51 Å². The zero-order chi connectivity index (χ0) is 5.98. The molecule has 0 saturated heterocycles. The number of aromatic nitrogens is 2. The second-order valence-corrected chi connectivity index (χ2v) is 4.13. The molecule has 0 aliphatic rings. The molecule has 0 aliphatic heterocycles. The maximum atomic E-state index is 3.88. The molecule has 0 aliphatic carbocycles. The van der Waals surface area contributed by atoms with E-state index in [1.54, 1.807) is 16.8 Å². The van der Waals surface area contributed by atoms with Crippen molar-refractivity contribution in [3.63, 3.8) is 0 Å². The van der Waals surface area contributed by atoms with Gasteiger partial charge >= 0.3 is 0 Å². The highest BCUT2D eigenvalue weighted by Crippen LogP contribution is 2.22. The summed E-state index contributed by atoms with van der Waals surface area (Å²) < 4.78 is 0.500. The Kier molecular flexibility index (Phi) is 2.18. The van der Waals surface area contributed by atoms with Crippen molar-refractivity contribution in [1.29, 1.82) is 0 Å². The molecular weight excluding hydrogens is 235 g/mol. The maximum absolute atomic E-state index is 3.88. The number of hydrogen-bond acceptors (Lipinski definition) is 3. The SMILES string of the molecule is CC(I)c1nncs1. The van der Waals surface area contributed by atoms with E-state index in [0.717, 1.165) is 5.01 Å². The fraction of sp³-hybridized carbons (Fsp3) is 0.500. The third-order valence-corrected chi connectivity index (χ3v) is 2.61. The summed E-state index contributed by atoms with van der Waals surface area (Å²) in [7, 11) is 0. The molecule has 1 aromatic heterocycles. The predicted octanol–water partition coefficient (Wildman–Crippen LogP) is 2.03. The Morgan fingerprint density at radius 1 is 1.88 bits per heavy atom. The smallest absolute Gasteiger partial charge is 0.129 e. The normalized spacial score (nSPS) is 13.8. The first-order valence-electron chi connectivity index (χ1n) is 2.21. The minimum atomic E-state index is 0.500. The van der Waals surface area contributed by atoms with Crippen LogP contribution in [-0.4, -0.2) is 10.2 Å². The van der Waals surface area contributed by atoms with Crippen LogP contribution in [0.3, 0.4) is 0 Å². The van der Waals surface area contributed by atoms with E-state index in [-0.39, 0.29) is 0 Å². The van der Waals surface area contributed by atoms with E-state index in [0.29, 0.717) is 3.92 Å². The van der Waals surface area contributed by atoms with Gasteiger partial charge in [0.2, 0.25) is 0 Å². The van der Waals surface area contributed by atoms with Crippen LogP contribution in [0.25, 0.3) is 0 Å². The molecule has 1 atom stereocenters. The van der Waals surface area contributed by atoms with Gasteiger partial charge < -0.3 is 0 Å². The van der Waals surface area contributed by atoms with E-state index in [1.807, 2.05) is 0 Å². The molecule has 8 heavy (non-hydrogen) atoms. The summed E-state index contributed by atoms with van der Waals surface area (Å²) >= 11 is 3.91. The van der Waals surface area contributed by atoms with Gasteiger partial charge in [-0.05, 0) is 6.92 Å². The number of hydrogen-bond donors (Lipinski definition) is 0. The molecule has 1 unspecified atom stereocenters. The van der Waals surface area contributed by atoms with Gasteiger partial charge in [-0.25, -0.2) is 0 Å². The van der Waals surface area contributed by atoms with Gasteiger partial charge in [-0.15, -0.1) is 21.5 Å². The first-order chi connectivity index (χ1) is 3.80. The number of nitrogens with zero attached hydrogens (tertiary/aromatic N) is 2. The molecule has 44 valence electrons. The van der Waals surface area contributed by atoms with E-state index in [4.69, 9.17) is 0 Å². The highest BCUT2D eigenvalue weighted by Gasteiger charge is 2.01. The van der Waals surface area contributed by atoms with Gasteiger partial charge in [-0.2, -0.15) is 0 Å². The molecule has 4 heteroatoms. The Morgan fingerprint density at radius 2 is 2.62 bits per heavy atom. The molecule has 1 rings (SSSR count). The van der Waals surface area contributed by atoms with Crippen LogP contribution in [0.1, 0.15) is 15.9 Å². The molecule has 0 spiro atoms. The molecule has 0 bridgehead atoms. The maximum Gasteiger partial charge on any atom is 0.129 e. The van der Waals surface area contributed by atoms with Crippen LogP contribution >= 0.6 is 33.9 Å². The standard InChI is InChI=1S/C4H5IN2S/c1-3(5)4-7-6-2-8-4/h2-3H,1H3. The van der Waals surface area contributed by atoms with Gasteiger partial charge in [-0.3, -0.25) is 0 Å². The third-order valence-electron chi connectivity index (χ3n) is 0.717. The lowest BCUT2D eigenvalue weighted by molar-refractivity contribution is 0.987. The lowest BCUT2D eigenvalue weighted by Gasteiger charge is -1.90. The summed E-state index contributed by atoms with van der Waals surface area (Å²) in [5, 5.41) is 8.69. The van der Waals surface area contributed by atoms with Crippen LogP contribution < -0.4 is 0 Å². The van der Waals surface area contributed by atoms with E-state index in [9.17, 15) is 0 Å². The monoisotopic (exact) mass is 240 g/mol. The van der Waals surface area contributed by atoms with Crippen LogP contribution in [0.2, 0.25) is 0 Å².